The van der Waals surface area contributed by atoms with E-state index >= 15 is 0 Å². The zero-order valence-corrected chi connectivity index (χ0v) is 19.8. The smallest absolute Gasteiger partial charge is 0.407 e. The van der Waals surface area contributed by atoms with Gasteiger partial charge in [0.25, 0.3) is 0 Å². The van der Waals surface area contributed by atoms with E-state index in [1.807, 2.05) is 30.5 Å². The lowest BCUT2D eigenvalue weighted by Gasteiger charge is -2.40. The number of hydrogen-bond donors (Lipinski definition) is 2. The summed E-state index contributed by atoms with van der Waals surface area (Å²) in [5.41, 5.74) is 4.55. The molecule has 0 saturated carbocycles. The van der Waals surface area contributed by atoms with Crippen LogP contribution in [0.5, 0.6) is 0 Å². The van der Waals surface area contributed by atoms with Crippen molar-refractivity contribution < 1.29 is 29.0 Å². The van der Waals surface area contributed by atoms with Crippen molar-refractivity contribution in [2.75, 3.05) is 38.3 Å². The second-order valence-electron chi connectivity index (χ2n) is 8.37. The van der Waals surface area contributed by atoms with Gasteiger partial charge in [-0.25, -0.2) is 9.59 Å². The molecular weight excluding hydrogens is 456 g/mol. The highest BCUT2D eigenvalue weighted by Crippen LogP contribution is 2.44. The standard InChI is InChI=1S/C25H28N2O6S/c1-34-11-10-22(24(30)27-12-16(13-27)32-15-23(28)29)26-25(31)33-14-21-19-8-4-2-6-17(19)18-7-3-5-9-20(18)21/h2-9,16,21-22H,10-15H2,1H3,(H,26,31)(H,28,29)/t22-/m1/s1. The number of amides is 2. The zero-order valence-electron chi connectivity index (χ0n) is 18.9. The highest BCUT2D eigenvalue weighted by atomic mass is 32.2. The Kier molecular flexibility index (Phi) is 7.74. The molecule has 34 heavy (non-hydrogen) atoms. The van der Waals surface area contributed by atoms with Gasteiger partial charge in [-0.2, -0.15) is 11.8 Å². The lowest BCUT2D eigenvalue weighted by molar-refractivity contribution is -0.155. The van der Waals surface area contributed by atoms with E-state index in [9.17, 15) is 14.4 Å². The Hall–Kier alpha value is -3.04. The fourth-order valence-corrected chi connectivity index (χ4v) is 4.88. The van der Waals surface area contributed by atoms with Crippen LogP contribution in [-0.2, 0) is 19.1 Å². The monoisotopic (exact) mass is 484 g/mol. The van der Waals surface area contributed by atoms with E-state index in [0.717, 1.165) is 22.3 Å². The van der Waals surface area contributed by atoms with E-state index in [1.165, 1.54) is 0 Å². The molecule has 180 valence electrons. The topological polar surface area (TPSA) is 105 Å². The van der Waals surface area contributed by atoms with Gasteiger partial charge in [0.2, 0.25) is 5.91 Å². The van der Waals surface area contributed by atoms with Crippen molar-refractivity contribution in [3.05, 3.63) is 59.7 Å². The third-order valence-corrected chi connectivity index (χ3v) is 6.79. The first kappa shape index (κ1) is 24.1. The molecule has 2 aliphatic rings. The van der Waals surface area contributed by atoms with Crippen molar-refractivity contribution in [2.45, 2.75) is 24.5 Å². The molecule has 1 aliphatic carbocycles. The van der Waals surface area contributed by atoms with Gasteiger partial charge in [-0.3, -0.25) is 4.79 Å². The maximum absolute atomic E-state index is 12.9. The largest absolute Gasteiger partial charge is 0.480 e. The molecule has 0 aromatic heterocycles. The molecule has 1 heterocycles. The number of thioether (sulfide) groups is 1. The number of benzene rings is 2. The molecule has 0 spiro atoms. The summed E-state index contributed by atoms with van der Waals surface area (Å²) in [6, 6.07) is 15.5. The fraction of sp³-hybridized carbons (Fsp3) is 0.400. The number of fused-ring (bicyclic) bond motifs is 3. The minimum Gasteiger partial charge on any atom is -0.480 e. The van der Waals surface area contributed by atoms with Gasteiger partial charge >= 0.3 is 12.1 Å². The number of likely N-dealkylation sites (tertiary alicyclic amines) is 1. The molecule has 8 nitrogen and oxygen atoms in total. The summed E-state index contributed by atoms with van der Waals surface area (Å²) in [7, 11) is 0. The number of nitrogens with one attached hydrogen (secondary N) is 1. The van der Waals surface area contributed by atoms with E-state index in [-0.39, 0.29) is 31.1 Å². The van der Waals surface area contributed by atoms with Crippen molar-refractivity contribution >= 4 is 29.7 Å². The number of carbonyl (C=O) groups excluding carboxylic acids is 2. The van der Waals surface area contributed by atoms with Gasteiger partial charge in [0, 0.05) is 19.0 Å². The van der Waals surface area contributed by atoms with Crippen LogP contribution in [0, 0.1) is 0 Å². The summed E-state index contributed by atoms with van der Waals surface area (Å²) in [4.78, 5) is 37.8. The Labute approximate surface area is 202 Å². The average molecular weight is 485 g/mol. The van der Waals surface area contributed by atoms with Gasteiger partial charge in [0.1, 0.15) is 19.3 Å². The van der Waals surface area contributed by atoms with Crippen LogP contribution in [0.15, 0.2) is 48.5 Å². The van der Waals surface area contributed by atoms with Crippen LogP contribution in [0.4, 0.5) is 4.79 Å². The van der Waals surface area contributed by atoms with Crippen LogP contribution in [-0.4, -0.2) is 78.4 Å². The third-order valence-electron chi connectivity index (χ3n) is 6.15. The number of aliphatic carboxylic acids is 1. The number of rotatable bonds is 10. The molecule has 1 saturated heterocycles. The maximum Gasteiger partial charge on any atom is 0.407 e. The highest BCUT2D eigenvalue weighted by molar-refractivity contribution is 7.98. The third kappa shape index (κ3) is 5.37. The molecule has 0 unspecified atom stereocenters. The van der Waals surface area contributed by atoms with Crippen LogP contribution in [0.1, 0.15) is 23.5 Å². The molecule has 2 N–H and O–H groups in total. The Morgan fingerprint density at radius 2 is 1.71 bits per heavy atom. The van der Waals surface area contributed by atoms with E-state index in [2.05, 4.69) is 29.6 Å². The molecule has 1 atom stereocenters. The summed E-state index contributed by atoms with van der Waals surface area (Å²) in [5.74, 6) is -0.606. The van der Waals surface area contributed by atoms with Crippen LogP contribution in [0.25, 0.3) is 11.1 Å². The zero-order chi connectivity index (χ0) is 24.1. The molecule has 2 aromatic carbocycles. The maximum atomic E-state index is 12.9. The van der Waals surface area contributed by atoms with Crippen LogP contribution in [0.3, 0.4) is 0 Å². The Bertz CT molecular complexity index is 1010. The number of carboxylic acids is 1. The number of alkyl carbamates (subject to hydrolysis) is 1. The van der Waals surface area contributed by atoms with Crippen molar-refractivity contribution in [1.82, 2.24) is 10.2 Å². The van der Waals surface area contributed by atoms with E-state index in [0.29, 0.717) is 25.3 Å². The number of hydrogen-bond acceptors (Lipinski definition) is 6. The number of nitrogens with zero attached hydrogens (tertiary/aromatic N) is 1. The quantitative estimate of drug-likeness (QED) is 0.534. The molecule has 9 heteroatoms. The summed E-state index contributed by atoms with van der Waals surface area (Å²) in [6.45, 7) is 0.418. The second-order valence-corrected chi connectivity index (χ2v) is 9.36. The van der Waals surface area contributed by atoms with Crippen molar-refractivity contribution in [2.24, 2.45) is 0 Å². The van der Waals surface area contributed by atoms with Gasteiger partial charge in [0.05, 0.1) is 6.10 Å². The first-order valence-corrected chi connectivity index (χ1v) is 12.6. The number of carboxylic acid groups (broad SMARTS) is 1. The molecule has 1 aliphatic heterocycles. The first-order valence-electron chi connectivity index (χ1n) is 11.2. The predicted molar refractivity (Wildman–Crippen MR) is 129 cm³/mol. The van der Waals surface area contributed by atoms with Gasteiger partial charge in [-0.1, -0.05) is 48.5 Å². The molecule has 2 amide bonds. The summed E-state index contributed by atoms with van der Waals surface area (Å²) in [6.07, 6.45) is 1.49. The molecule has 0 radical (unpaired) electrons. The SMILES string of the molecule is CSCC[C@@H](NC(=O)OCC1c2ccccc2-c2ccccc21)C(=O)N1CC(OCC(=O)O)C1. The fourth-order valence-electron chi connectivity index (χ4n) is 4.41. The molecular formula is C25H28N2O6S. The van der Waals surface area contributed by atoms with Crippen molar-refractivity contribution in [1.29, 1.82) is 0 Å². The van der Waals surface area contributed by atoms with Gasteiger partial charge in [-0.15, -0.1) is 0 Å². The minimum absolute atomic E-state index is 0.0546. The highest BCUT2D eigenvalue weighted by Gasteiger charge is 2.36. The Balaban J connectivity index is 1.34. The number of ether oxygens (including phenoxy) is 2. The van der Waals surface area contributed by atoms with E-state index in [1.54, 1.807) is 16.7 Å². The van der Waals surface area contributed by atoms with Crippen LogP contribution in [0.2, 0.25) is 0 Å². The molecule has 4 rings (SSSR count). The van der Waals surface area contributed by atoms with E-state index in [4.69, 9.17) is 14.6 Å². The molecule has 0 bridgehead atoms. The lowest BCUT2D eigenvalue weighted by atomic mass is 9.98. The predicted octanol–water partition coefficient (Wildman–Crippen LogP) is 2.96. The Morgan fingerprint density at radius 1 is 1.09 bits per heavy atom. The number of carbonyl (C=O) groups is 3. The molecule has 2 aromatic rings. The van der Waals surface area contributed by atoms with Crippen molar-refractivity contribution in [3.63, 3.8) is 0 Å². The van der Waals surface area contributed by atoms with Crippen LogP contribution < -0.4 is 5.32 Å². The minimum atomic E-state index is -1.04. The van der Waals surface area contributed by atoms with Gasteiger partial charge < -0.3 is 24.8 Å². The van der Waals surface area contributed by atoms with Gasteiger partial charge in [-0.05, 0) is 40.7 Å². The Morgan fingerprint density at radius 3 is 2.29 bits per heavy atom. The van der Waals surface area contributed by atoms with E-state index < -0.39 is 18.1 Å². The first-order chi connectivity index (χ1) is 16.5. The lowest BCUT2D eigenvalue weighted by Crippen LogP contribution is -2.60. The second kappa shape index (κ2) is 10.9. The summed E-state index contributed by atoms with van der Waals surface area (Å²) < 4.78 is 10.8. The van der Waals surface area contributed by atoms with Crippen LogP contribution >= 0.6 is 11.8 Å². The van der Waals surface area contributed by atoms with Gasteiger partial charge in [0.15, 0.2) is 0 Å². The summed E-state index contributed by atoms with van der Waals surface area (Å²) in [5, 5.41) is 11.4. The normalized spacial score (nSPS) is 15.7. The average Bonchev–Trinajstić information content (AvgIpc) is 3.12. The summed E-state index contributed by atoms with van der Waals surface area (Å²) >= 11 is 1.59. The molecule has 1 fully saturated rings. The van der Waals surface area contributed by atoms with Crippen molar-refractivity contribution in [3.8, 4) is 11.1 Å².